The van der Waals surface area contributed by atoms with Crippen LogP contribution in [0.3, 0.4) is 0 Å². The fourth-order valence-corrected chi connectivity index (χ4v) is 4.51. The summed E-state index contributed by atoms with van der Waals surface area (Å²) in [4.78, 5) is 38.9. The van der Waals surface area contributed by atoms with Crippen molar-refractivity contribution in [1.82, 2.24) is 4.90 Å². The number of aliphatic hydroxyl groups excluding tert-OH is 1. The molecule has 8 nitrogen and oxygen atoms in total. The van der Waals surface area contributed by atoms with Crippen LogP contribution < -0.4 is 0 Å². The summed E-state index contributed by atoms with van der Waals surface area (Å²) in [5.74, 6) is -0.945. The topological polar surface area (TPSA) is 106 Å². The zero-order valence-corrected chi connectivity index (χ0v) is 21.0. The molecule has 2 amide bonds. The molecule has 3 rings (SSSR count). The van der Waals surface area contributed by atoms with E-state index in [1.165, 1.54) is 6.92 Å². The molecule has 2 aromatic rings. The monoisotopic (exact) mass is 535 g/mol. The van der Waals surface area contributed by atoms with Gasteiger partial charge in [-0.15, -0.1) is 0 Å². The average molecular weight is 536 g/mol. The van der Waals surface area contributed by atoms with Gasteiger partial charge < -0.3 is 19.0 Å². The van der Waals surface area contributed by atoms with E-state index in [9.17, 15) is 14.4 Å². The van der Waals surface area contributed by atoms with Crippen molar-refractivity contribution in [2.24, 2.45) is 5.92 Å². The summed E-state index contributed by atoms with van der Waals surface area (Å²) in [6.45, 7) is 3.11. The minimum atomic E-state index is -1.01. The van der Waals surface area contributed by atoms with Crippen molar-refractivity contribution in [3.05, 3.63) is 58.0 Å². The normalized spacial score (nSPS) is 17.4. The molecule has 34 heavy (non-hydrogen) atoms. The van der Waals surface area contributed by atoms with E-state index in [1.54, 1.807) is 13.0 Å². The Labute approximate surface area is 207 Å². The van der Waals surface area contributed by atoms with Crippen LogP contribution in [0, 0.1) is 5.92 Å². The van der Waals surface area contributed by atoms with Gasteiger partial charge in [0.05, 0.1) is 10.4 Å². The lowest BCUT2D eigenvalue weighted by Crippen LogP contribution is -2.40. The molecular weight excluding hydrogens is 506 g/mol. The van der Waals surface area contributed by atoms with Crippen molar-refractivity contribution in [3.8, 4) is 0 Å². The summed E-state index contributed by atoms with van der Waals surface area (Å²) in [5, 5.41) is 8.91. The Bertz CT molecular complexity index is 990. The summed E-state index contributed by atoms with van der Waals surface area (Å²) in [7, 11) is 0. The van der Waals surface area contributed by atoms with Crippen LogP contribution in [0.4, 0.5) is 4.79 Å². The fraction of sp³-hybridized carbons (Fsp3) is 0.480. The zero-order chi connectivity index (χ0) is 24.7. The van der Waals surface area contributed by atoms with E-state index in [0.29, 0.717) is 17.9 Å². The Morgan fingerprint density at radius 2 is 1.91 bits per heavy atom. The number of cyclic esters (lactones) is 1. The molecule has 1 aromatic heterocycles. The van der Waals surface area contributed by atoms with Gasteiger partial charge in [0, 0.05) is 20.0 Å². The molecule has 0 saturated carbocycles. The first-order valence-corrected chi connectivity index (χ1v) is 12.2. The third-order valence-corrected chi connectivity index (χ3v) is 6.47. The Kier molecular flexibility index (Phi) is 9.29. The number of unbranched alkanes of at least 4 members (excludes halogenated alkanes) is 3. The highest BCUT2D eigenvalue weighted by Gasteiger charge is 2.44. The third-order valence-electron chi connectivity index (χ3n) is 5.80. The van der Waals surface area contributed by atoms with Crippen LogP contribution in [-0.4, -0.2) is 41.2 Å². The van der Waals surface area contributed by atoms with Crippen LogP contribution in [0.15, 0.2) is 45.3 Å². The van der Waals surface area contributed by atoms with E-state index in [2.05, 4.69) is 15.9 Å². The van der Waals surface area contributed by atoms with Crippen molar-refractivity contribution in [2.75, 3.05) is 13.2 Å². The summed E-state index contributed by atoms with van der Waals surface area (Å²) < 4.78 is 17.4. The van der Waals surface area contributed by atoms with Crippen molar-refractivity contribution >= 4 is 33.9 Å². The van der Waals surface area contributed by atoms with Crippen LogP contribution in [0.5, 0.6) is 0 Å². The van der Waals surface area contributed by atoms with E-state index < -0.39 is 36.0 Å². The van der Waals surface area contributed by atoms with Gasteiger partial charge in [0.1, 0.15) is 24.2 Å². The Morgan fingerprint density at radius 1 is 1.21 bits per heavy atom. The van der Waals surface area contributed by atoms with Crippen molar-refractivity contribution in [1.29, 1.82) is 0 Å². The van der Waals surface area contributed by atoms with Gasteiger partial charge in [0.25, 0.3) is 0 Å². The minimum absolute atomic E-state index is 0.0618. The highest BCUT2D eigenvalue weighted by Crippen LogP contribution is 2.37. The molecule has 1 N–H and O–H groups in total. The maximum atomic E-state index is 13.5. The van der Waals surface area contributed by atoms with Gasteiger partial charge in [-0.3, -0.25) is 9.59 Å². The summed E-state index contributed by atoms with van der Waals surface area (Å²) >= 11 is 3.49. The van der Waals surface area contributed by atoms with E-state index >= 15 is 0 Å². The molecule has 1 aliphatic heterocycles. The number of nitrogens with zero attached hydrogens (tertiary/aromatic N) is 1. The van der Waals surface area contributed by atoms with Crippen LogP contribution in [-0.2, 0) is 25.5 Å². The lowest BCUT2D eigenvalue weighted by atomic mass is 9.98. The van der Waals surface area contributed by atoms with E-state index in [4.69, 9.17) is 19.0 Å². The number of hydrogen-bond acceptors (Lipinski definition) is 7. The highest BCUT2D eigenvalue weighted by molar-refractivity contribution is 9.10. The highest BCUT2D eigenvalue weighted by atomic mass is 79.9. The number of imide groups is 1. The van der Waals surface area contributed by atoms with Gasteiger partial charge in [-0.1, -0.05) is 43.2 Å². The second kappa shape index (κ2) is 12.2. The molecule has 0 radical (unpaired) electrons. The number of aliphatic hydroxyl groups is 1. The fourth-order valence-electron chi connectivity index (χ4n) is 4.01. The van der Waals surface area contributed by atoms with Gasteiger partial charge in [-0.25, -0.2) is 9.69 Å². The molecule has 184 valence electrons. The quantitative estimate of drug-likeness (QED) is 0.315. The van der Waals surface area contributed by atoms with Crippen LogP contribution in [0.2, 0.25) is 0 Å². The SMILES string of the molecule is CC(=O)O[C@@H](c1cc(Br)c(CCCCCCO)o1)[C@@H](C)C(=O)N1C(=O)OC[C@H]1c1ccccc1. The molecule has 3 atom stereocenters. The average Bonchev–Trinajstić information content (AvgIpc) is 3.39. The predicted molar refractivity (Wildman–Crippen MR) is 127 cm³/mol. The number of rotatable bonds is 11. The molecule has 0 unspecified atom stereocenters. The van der Waals surface area contributed by atoms with Crippen LogP contribution in [0.25, 0.3) is 0 Å². The van der Waals surface area contributed by atoms with Gasteiger partial charge in [-0.05, 0) is 47.3 Å². The lowest BCUT2D eigenvalue weighted by molar-refractivity contribution is -0.154. The molecule has 1 aromatic carbocycles. The first-order chi connectivity index (χ1) is 16.3. The van der Waals surface area contributed by atoms with Gasteiger partial charge >= 0.3 is 12.1 Å². The molecule has 0 aliphatic carbocycles. The number of esters is 1. The van der Waals surface area contributed by atoms with Crippen molar-refractivity contribution in [2.45, 2.75) is 58.1 Å². The summed E-state index contributed by atoms with van der Waals surface area (Å²) in [6, 6.07) is 10.3. The molecule has 1 fully saturated rings. The number of carbonyl (C=O) groups is 3. The van der Waals surface area contributed by atoms with Gasteiger partial charge in [-0.2, -0.15) is 0 Å². The van der Waals surface area contributed by atoms with Crippen molar-refractivity contribution < 1.29 is 33.4 Å². The number of amides is 2. The number of aryl methyl sites for hydroxylation is 1. The molecule has 0 spiro atoms. The maximum absolute atomic E-state index is 13.5. The number of halogens is 1. The molecule has 1 saturated heterocycles. The predicted octanol–water partition coefficient (Wildman–Crippen LogP) is 5.10. The number of carbonyl (C=O) groups excluding carboxylic acids is 3. The van der Waals surface area contributed by atoms with Gasteiger partial charge in [0.2, 0.25) is 5.91 Å². The lowest BCUT2D eigenvalue weighted by Gasteiger charge is -2.27. The zero-order valence-electron chi connectivity index (χ0n) is 19.4. The number of benzene rings is 1. The summed E-state index contributed by atoms with van der Waals surface area (Å²) in [5.41, 5.74) is 0.780. The molecule has 9 heteroatoms. The first-order valence-electron chi connectivity index (χ1n) is 11.4. The third kappa shape index (κ3) is 6.27. The standard InChI is InChI=1S/C25H30BrNO7/c1-16(24(30)27-20(15-32-25(27)31)18-10-6-5-7-11-18)23(33-17(2)29)22-14-19(26)21(34-22)12-8-3-4-9-13-28/h5-7,10-11,14,16,20,23,28H,3-4,8-9,12-13,15H2,1-2H3/t16-,20+,23-/m1/s1. The maximum Gasteiger partial charge on any atom is 0.417 e. The van der Waals surface area contributed by atoms with E-state index in [0.717, 1.165) is 40.6 Å². The number of ether oxygens (including phenoxy) is 2. The smallest absolute Gasteiger partial charge is 0.417 e. The first kappa shape index (κ1) is 26.0. The second-order valence-corrected chi connectivity index (χ2v) is 9.19. The van der Waals surface area contributed by atoms with Gasteiger partial charge in [0.15, 0.2) is 6.10 Å². The Morgan fingerprint density at radius 3 is 2.59 bits per heavy atom. The number of hydrogen-bond donors (Lipinski definition) is 1. The largest absolute Gasteiger partial charge is 0.461 e. The number of furan rings is 1. The Balaban J connectivity index is 1.79. The molecular formula is C25H30BrNO7. The summed E-state index contributed by atoms with van der Waals surface area (Å²) in [6.07, 6.45) is 2.44. The van der Waals surface area contributed by atoms with Crippen molar-refractivity contribution in [3.63, 3.8) is 0 Å². The van der Waals surface area contributed by atoms with E-state index in [1.807, 2.05) is 30.3 Å². The molecule has 2 heterocycles. The molecule has 0 bridgehead atoms. The minimum Gasteiger partial charge on any atom is -0.461 e. The molecule has 1 aliphatic rings. The van der Waals surface area contributed by atoms with Crippen LogP contribution >= 0.6 is 15.9 Å². The van der Waals surface area contributed by atoms with E-state index in [-0.39, 0.29) is 13.2 Å². The Hall–Kier alpha value is -2.65. The second-order valence-electron chi connectivity index (χ2n) is 8.34. The van der Waals surface area contributed by atoms with Crippen LogP contribution in [0.1, 0.15) is 68.8 Å².